The number of piperidine rings is 2. The molecule has 2 fully saturated rings. The number of rotatable bonds is 7. The molecule has 2 saturated heterocycles. The molecule has 2 aliphatic heterocycles. The van der Waals surface area contributed by atoms with Gasteiger partial charge in [0.1, 0.15) is 11.9 Å². The fraction of sp³-hybridized carbons (Fsp3) is 0.520. The Balaban J connectivity index is 1.25. The van der Waals surface area contributed by atoms with E-state index in [9.17, 15) is 4.79 Å². The molecule has 0 aliphatic carbocycles. The third kappa shape index (κ3) is 5.64. The van der Waals surface area contributed by atoms with Gasteiger partial charge in [0.25, 0.3) is 0 Å². The molecule has 2 amide bonds. The number of pyridine rings is 1. The third-order valence-electron chi connectivity index (χ3n) is 6.61. The zero-order chi connectivity index (χ0) is 23.9. The average molecular weight is 471 g/mol. The number of aromatic nitrogens is 1. The van der Waals surface area contributed by atoms with Crippen LogP contribution in [-0.2, 0) is 0 Å². The topological polar surface area (TPSA) is 85.4 Å². The van der Waals surface area contributed by atoms with E-state index in [-0.39, 0.29) is 12.1 Å². The average Bonchev–Trinajstić information content (AvgIpc) is 2.89. The lowest BCUT2D eigenvalue weighted by Gasteiger charge is -2.41. The van der Waals surface area contributed by atoms with E-state index in [1.165, 1.54) is 0 Å². The van der Waals surface area contributed by atoms with Gasteiger partial charge in [-0.25, -0.2) is 4.79 Å². The van der Waals surface area contributed by atoms with E-state index in [4.69, 9.17) is 18.9 Å². The molecule has 34 heavy (non-hydrogen) atoms. The van der Waals surface area contributed by atoms with Crippen molar-refractivity contribution in [3.05, 3.63) is 36.7 Å². The van der Waals surface area contributed by atoms with Gasteiger partial charge >= 0.3 is 6.03 Å². The lowest BCUT2D eigenvalue weighted by atomic mass is 9.99. The van der Waals surface area contributed by atoms with Gasteiger partial charge in [-0.15, -0.1) is 0 Å². The normalized spacial score (nSPS) is 17.8. The lowest BCUT2D eigenvalue weighted by Crippen LogP contribution is -2.50. The monoisotopic (exact) mass is 470 g/mol. The molecule has 2 aliphatic rings. The number of amides is 2. The van der Waals surface area contributed by atoms with Crippen molar-refractivity contribution in [3.63, 3.8) is 0 Å². The number of ether oxygens (including phenoxy) is 4. The summed E-state index contributed by atoms with van der Waals surface area (Å²) >= 11 is 0. The van der Waals surface area contributed by atoms with Crippen molar-refractivity contribution < 1.29 is 23.7 Å². The molecule has 9 nitrogen and oxygen atoms in total. The van der Waals surface area contributed by atoms with Gasteiger partial charge < -0.3 is 29.2 Å². The zero-order valence-electron chi connectivity index (χ0n) is 20.2. The number of nitrogens with one attached hydrogen (secondary N) is 1. The van der Waals surface area contributed by atoms with Crippen LogP contribution in [0, 0.1) is 0 Å². The SMILES string of the molecule is COc1cc(NC(=O)N2CCC(N3CCC(Oc4ccncc4)CC3)CC2)cc(OC)c1OC. The van der Waals surface area contributed by atoms with Crippen molar-refractivity contribution in [3.8, 4) is 23.0 Å². The Hall–Kier alpha value is -3.20. The molecule has 1 N–H and O–H groups in total. The molecule has 9 heteroatoms. The second kappa shape index (κ2) is 11.3. The molecule has 0 atom stereocenters. The highest BCUT2D eigenvalue weighted by atomic mass is 16.5. The van der Waals surface area contributed by atoms with Crippen LogP contribution in [0.4, 0.5) is 10.5 Å². The Labute approximate surface area is 200 Å². The molecule has 184 valence electrons. The number of carbonyl (C=O) groups is 1. The number of carbonyl (C=O) groups excluding carboxylic acids is 1. The summed E-state index contributed by atoms with van der Waals surface area (Å²) in [5, 5.41) is 2.97. The summed E-state index contributed by atoms with van der Waals surface area (Å²) in [6, 6.07) is 7.69. The minimum atomic E-state index is -0.114. The molecule has 0 bridgehead atoms. The van der Waals surface area contributed by atoms with Crippen molar-refractivity contribution in [1.82, 2.24) is 14.8 Å². The van der Waals surface area contributed by atoms with Crippen molar-refractivity contribution in [2.45, 2.75) is 37.8 Å². The maximum atomic E-state index is 12.9. The summed E-state index contributed by atoms with van der Waals surface area (Å²) in [6.07, 6.45) is 7.75. The number of urea groups is 1. The van der Waals surface area contributed by atoms with E-state index in [1.807, 2.05) is 17.0 Å². The molecule has 2 aromatic rings. The van der Waals surface area contributed by atoms with Crippen LogP contribution in [-0.4, -0.2) is 80.5 Å². The summed E-state index contributed by atoms with van der Waals surface area (Å²) in [6.45, 7) is 3.51. The second-order valence-electron chi connectivity index (χ2n) is 8.60. The third-order valence-corrected chi connectivity index (χ3v) is 6.61. The maximum Gasteiger partial charge on any atom is 0.321 e. The molecule has 0 saturated carbocycles. The number of anilines is 1. The molecule has 3 heterocycles. The molecular formula is C25H34N4O5. The van der Waals surface area contributed by atoms with E-state index < -0.39 is 0 Å². The van der Waals surface area contributed by atoms with Crippen LogP contribution in [0.1, 0.15) is 25.7 Å². The Morgan fingerprint density at radius 2 is 1.53 bits per heavy atom. The number of hydrogen-bond donors (Lipinski definition) is 1. The zero-order valence-corrected chi connectivity index (χ0v) is 20.2. The summed E-state index contributed by atoms with van der Waals surface area (Å²) in [4.78, 5) is 21.4. The molecule has 0 spiro atoms. The molecule has 0 radical (unpaired) electrons. The van der Waals surface area contributed by atoms with Crippen LogP contribution in [0.2, 0.25) is 0 Å². The molecule has 1 aromatic heterocycles. The van der Waals surface area contributed by atoms with Gasteiger partial charge in [0.15, 0.2) is 11.5 Å². The van der Waals surface area contributed by atoms with Crippen LogP contribution in [0.25, 0.3) is 0 Å². The molecule has 0 unspecified atom stereocenters. The highest BCUT2D eigenvalue weighted by Gasteiger charge is 2.30. The summed E-state index contributed by atoms with van der Waals surface area (Å²) in [5.41, 5.74) is 0.609. The van der Waals surface area contributed by atoms with Crippen LogP contribution in [0.5, 0.6) is 23.0 Å². The van der Waals surface area contributed by atoms with Gasteiger partial charge in [-0.2, -0.15) is 0 Å². The van der Waals surface area contributed by atoms with Gasteiger partial charge in [0.2, 0.25) is 5.75 Å². The first-order valence-electron chi connectivity index (χ1n) is 11.8. The predicted molar refractivity (Wildman–Crippen MR) is 129 cm³/mol. The van der Waals surface area contributed by atoms with E-state index in [0.29, 0.717) is 29.0 Å². The number of methoxy groups -OCH3 is 3. The van der Waals surface area contributed by atoms with E-state index in [2.05, 4.69) is 15.2 Å². The summed E-state index contributed by atoms with van der Waals surface area (Å²) in [5.74, 6) is 2.40. The van der Waals surface area contributed by atoms with Crippen LogP contribution in [0.15, 0.2) is 36.7 Å². The van der Waals surface area contributed by atoms with Gasteiger partial charge in [-0.3, -0.25) is 9.88 Å². The highest BCUT2D eigenvalue weighted by molar-refractivity contribution is 5.90. The van der Waals surface area contributed by atoms with Crippen molar-refractivity contribution in [2.75, 3.05) is 52.8 Å². The highest BCUT2D eigenvalue weighted by Crippen LogP contribution is 2.40. The van der Waals surface area contributed by atoms with Gasteiger partial charge in [-0.05, 0) is 37.8 Å². The Kier molecular flexibility index (Phi) is 7.95. The van der Waals surface area contributed by atoms with Crippen LogP contribution in [0.3, 0.4) is 0 Å². The van der Waals surface area contributed by atoms with E-state index in [0.717, 1.165) is 57.6 Å². The first-order valence-corrected chi connectivity index (χ1v) is 11.8. The second-order valence-corrected chi connectivity index (χ2v) is 8.60. The molecular weight excluding hydrogens is 436 g/mol. The standard InChI is InChI=1S/C25H34N4O5/c1-31-22-16-18(17-23(32-2)24(22)33-3)27-25(30)29-12-6-19(7-13-29)28-14-8-21(9-15-28)34-20-4-10-26-11-5-20/h4-5,10-11,16-17,19,21H,6-9,12-15H2,1-3H3,(H,27,30). The smallest absolute Gasteiger partial charge is 0.321 e. The number of benzene rings is 1. The Bertz CT molecular complexity index is 917. The van der Waals surface area contributed by atoms with Gasteiger partial charge in [0, 0.05) is 56.7 Å². The first-order chi connectivity index (χ1) is 16.6. The van der Waals surface area contributed by atoms with Gasteiger partial charge in [-0.1, -0.05) is 0 Å². The quantitative estimate of drug-likeness (QED) is 0.661. The predicted octanol–water partition coefficient (Wildman–Crippen LogP) is 3.65. The molecule has 1 aromatic carbocycles. The van der Waals surface area contributed by atoms with Crippen LogP contribution >= 0.6 is 0 Å². The maximum absolute atomic E-state index is 12.9. The first kappa shape index (κ1) is 23.9. The minimum Gasteiger partial charge on any atom is -0.493 e. The number of likely N-dealkylation sites (tertiary alicyclic amines) is 2. The van der Waals surface area contributed by atoms with Crippen LogP contribution < -0.4 is 24.3 Å². The summed E-state index contributed by atoms with van der Waals surface area (Å²) < 4.78 is 22.2. The van der Waals surface area contributed by atoms with Crippen molar-refractivity contribution in [2.24, 2.45) is 0 Å². The fourth-order valence-corrected chi connectivity index (χ4v) is 4.76. The number of nitrogens with zero attached hydrogens (tertiary/aromatic N) is 3. The van der Waals surface area contributed by atoms with Crippen molar-refractivity contribution in [1.29, 1.82) is 0 Å². The number of hydrogen-bond acceptors (Lipinski definition) is 7. The van der Waals surface area contributed by atoms with Gasteiger partial charge in [0.05, 0.1) is 27.0 Å². The molecule has 4 rings (SSSR count). The Morgan fingerprint density at radius 3 is 2.09 bits per heavy atom. The Morgan fingerprint density at radius 1 is 0.912 bits per heavy atom. The fourth-order valence-electron chi connectivity index (χ4n) is 4.76. The summed E-state index contributed by atoms with van der Waals surface area (Å²) in [7, 11) is 4.67. The van der Waals surface area contributed by atoms with Crippen molar-refractivity contribution >= 4 is 11.7 Å². The largest absolute Gasteiger partial charge is 0.493 e. The van der Waals surface area contributed by atoms with E-state index >= 15 is 0 Å². The van der Waals surface area contributed by atoms with E-state index in [1.54, 1.807) is 45.9 Å². The minimum absolute atomic E-state index is 0.114. The lowest BCUT2D eigenvalue weighted by molar-refractivity contribution is 0.0545.